The molecule has 1 heterocycles. The second-order valence-electron chi connectivity index (χ2n) is 4.86. The van der Waals surface area contributed by atoms with Gasteiger partial charge in [0.15, 0.2) is 0 Å². The molecule has 0 aliphatic carbocycles. The number of methoxy groups -OCH3 is 1. The summed E-state index contributed by atoms with van der Waals surface area (Å²) in [6.45, 7) is 4.02. The molecule has 3 heteroatoms. The Balaban J connectivity index is 1.65. The van der Waals surface area contributed by atoms with E-state index in [1.807, 2.05) is 12.1 Å². The highest BCUT2D eigenvalue weighted by Crippen LogP contribution is 2.14. The van der Waals surface area contributed by atoms with Crippen LogP contribution in [0.15, 0.2) is 24.3 Å². The molecule has 0 unspecified atom stereocenters. The molecule has 100 valence electrons. The summed E-state index contributed by atoms with van der Waals surface area (Å²) in [4.78, 5) is 0. The molecule has 0 aromatic heterocycles. The van der Waals surface area contributed by atoms with Gasteiger partial charge in [-0.2, -0.15) is 0 Å². The lowest BCUT2D eigenvalue weighted by atomic mass is 10.0. The lowest BCUT2D eigenvalue weighted by molar-refractivity contribution is 0.0664. The van der Waals surface area contributed by atoms with Crippen LogP contribution in [0.3, 0.4) is 0 Å². The zero-order valence-corrected chi connectivity index (χ0v) is 11.2. The van der Waals surface area contributed by atoms with E-state index in [1.54, 1.807) is 7.11 Å². The zero-order chi connectivity index (χ0) is 12.6. The first-order valence-corrected chi connectivity index (χ1v) is 6.80. The van der Waals surface area contributed by atoms with Gasteiger partial charge in [-0.1, -0.05) is 12.1 Å². The normalized spacial score (nSPS) is 16.7. The second kappa shape index (κ2) is 7.39. The van der Waals surface area contributed by atoms with E-state index in [-0.39, 0.29) is 0 Å². The van der Waals surface area contributed by atoms with Gasteiger partial charge in [0.25, 0.3) is 0 Å². The first-order valence-electron chi connectivity index (χ1n) is 6.80. The summed E-state index contributed by atoms with van der Waals surface area (Å²) in [5.74, 6) is 1.74. The third-order valence-corrected chi connectivity index (χ3v) is 3.50. The van der Waals surface area contributed by atoms with Crippen molar-refractivity contribution in [3.63, 3.8) is 0 Å². The fourth-order valence-electron chi connectivity index (χ4n) is 2.32. The topological polar surface area (TPSA) is 30.5 Å². The molecule has 3 nitrogen and oxygen atoms in total. The van der Waals surface area contributed by atoms with E-state index in [9.17, 15) is 0 Å². The van der Waals surface area contributed by atoms with Crippen LogP contribution in [-0.2, 0) is 11.2 Å². The van der Waals surface area contributed by atoms with Crippen molar-refractivity contribution in [1.82, 2.24) is 5.32 Å². The molecule has 1 fully saturated rings. The van der Waals surface area contributed by atoms with Crippen LogP contribution in [0.4, 0.5) is 0 Å². The molecule has 0 saturated carbocycles. The number of rotatable bonds is 6. The van der Waals surface area contributed by atoms with Gasteiger partial charge >= 0.3 is 0 Å². The summed E-state index contributed by atoms with van der Waals surface area (Å²) in [5, 5.41) is 3.54. The highest BCUT2D eigenvalue weighted by Gasteiger charge is 2.12. The van der Waals surface area contributed by atoms with Gasteiger partial charge in [-0.25, -0.2) is 0 Å². The predicted molar refractivity (Wildman–Crippen MR) is 73.1 cm³/mol. The molecule has 0 bridgehead atoms. The maximum absolute atomic E-state index is 5.36. The molecule has 0 spiro atoms. The maximum atomic E-state index is 5.36. The van der Waals surface area contributed by atoms with Crippen molar-refractivity contribution in [1.29, 1.82) is 0 Å². The standard InChI is InChI=1S/C15H23NO2/c1-17-15-4-2-3-13(11-15)5-8-16-12-14-6-9-18-10-7-14/h2-4,11,14,16H,5-10,12H2,1H3. The minimum atomic E-state index is 0.795. The van der Waals surface area contributed by atoms with Crippen molar-refractivity contribution in [2.24, 2.45) is 5.92 Å². The largest absolute Gasteiger partial charge is 0.497 e. The number of benzene rings is 1. The Hall–Kier alpha value is -1.06. The molecule has 0 atom stereocenters. The lowest BCUT2D eigenvalue weighted by Gasteiger charge is -2.22. The average Bonchev–Trinajstić information content (AvgIpc) is 2.45. The first kappa shape index (κ1) is 13.4. The van der Waals surface area contributed by atoms with Crippen LogP contribution in [-0.4, -0.2) is 33.4 Å². The summed E-state index contributed by atoms with van der Waals surface area (Å²) in [6.07, 6.45) is 3.46. The monoisotopic (exact) mass is 249 g/mol. The van der Waals surface area contributed by atoms with Crippen LogP contribution in [0, 0.1) is 5.92 Å². The Morgan fingerprint density at radius 1 is 1.33 bits per heavy atom. The van der Waals surface area contributed by atoms with E-state index in [1.165, 1.54) is 18.4 Å². The van der Waals surface area contributed by atoms with Gasteiger partial charge in [0.2, 0.25) is 0 Å². The van der Waals surface area contributed by atoms with Gasteiger partial charge in [0.1, 0.15) is 5.75 Å². The van der Waals surface area contributed by atoms with Crippen LogP contribution in [0.25, 0.3) is 0 Å². The fourth-order valence-corrected chi connectivity index (χ4v) is 2.32. The molecule has 1 aromatic carbocycles. The zero-order valence-electron chi connectivity index (χ0n) is 11.2. The molecule has 1 aliphatic heterocycles. The Morgan fingerprint density at radius 3 is 2.94 bits per heavy atom. The summed E-state index contributed by atoms with van der Waals surface area (Å²) in [7, 11) is 1.71. The van der Waals surface area contributed by atoms with E-state index < -0.39 is 0 Å². The summed E-state index contributed by atoms with van der Waals surface area (Å²) >= 11 is 0. The Bertz CT molecular complexity index is 348. The molecule has 1 aliphatic rings. The van der Waals surface area contributed by atoms with Crippen LogP contribution in [0.1, 0.15) is 18.4 Å². The smallest absolute Gasteiger partial charge is 0.119 e. The maximum Gasteiger partial charge on any atom is 0.119 e. The Labute approximate surface area is 109 Å². The summed E-state index contributed by atoms with van der Waals surface area (Å²) < 4.78 is 10.6. The molecular formula is C15H23NO2. The van der Waals surface area contributed by atoms with Gasteiger partial charge in [0.05, 0.1) is 7.11 Å². The molecule has 1 N–H and O–H groups in total. The molecule has 18 heavy (non-hydrogen) atoms. The van der Waals surface area contributed by atoms with E-state index in [4.69, 9.17) is 9.47 Å². The fraction of sp³-hybridized carbons (Fsp3) is 0.600. The van der Waals surface area contributed by atoms with Gasteiger partial charge in [-0.15, -0.1) is 0 Å². The van der Waals surface area contributed by atoms with Crippen LogP contribution in [0.2, 0.25) is 0 Å². The third-order valence-electron chi connectivity index (χ3n) is 3.50. The van der Waals surface area contributed by atoms with Crippen molar-refractivity contribution in [2.75, 3.05) is 33.4 Å². The number of hydrogen-bond donors (Lipinski definition) is 1. The van der Waals surface area contributed by atoms with Gasteiger partial charge in [0, 0.05) is 13.2 Å². The average molecular weight is 249 g/mol. The Morgan fingerprint density at radius 2 is 2.17 bits per heavy atom. The van der Waals surface area contributed by atoms with Gasteiger partial charge in [-0.3, -0.25) is 0 Å². The SMILES string of the molecule is COc1cccc(CCNCC2CCOCC2)c1. The van der Waals surface area contributed by atoms with Crippen molar-refractivity contribution >= 4 is 0 Å². The molecule has 0 radical (unpaired) electrons. The predicted octanol–water partition coefficient (Wildman–Crippen LogP) is 2.25. The molecule has 2 rings (SSSR count). The van der Waals surface area contributed by atoms with E-state index >= 15 is 0 Å². The van der Waals surface area contributed by atoms with Crippen molar-refractivity contribution in [3.8, 4) is 5.75 Å². The minimum absolute atomic E-state index is 0.795. The van der Waals surface area contributed by atoms with Crippen LogP contribution in [0.5, 0.6) is 5.75 Å². The number of nitrogens with one attached hydrogen (secondary N) is 1. The highest BCUT2D eigenvalue weighted by atomic mass is 16.5. The van der Waals surface area contributed by atoms with Crippen LogP contribution >= 0.6 is 0 Å². The molecular weight excluding hydrogens is 226 g/mol. The first-order chi connectivity index (χ1) is 8.88. The number of ether oxygens (including phenoxy) is 2. The van der Waals surface area contributed by atoms with Crippen LogP contribution < -0.4 is 10.1 Å². The summed E-state index contributed by atoms with van der Waals surface area (Å²) in [6, 6.07) is 8.29. The van der Waals surface area contributed by atoms with E-state index in [0.29, 0.717) is 0 Å². The van der Waals surface area contributed by atoms with Gasteiger partial charge < -0.3 is 14.8 Å². The van der Waals surface area contributed by atoms with Crippen molar-refractivity contribution in [2.45, 2.75) is 19.3 Å². The molecule has 1 saturated heterocycles. The van der Waals surface area contributed by atoms with E-state index in [0.717, 1.165) is 44.4 Å². The second-order valence-corrected chi connectivity index (χ2v) is 4.86. The highest BCUT2D eigenvalue weighted by molar-refractivity contribution is 5.28. The van der Waals surface area contributed by atoms with Crippen molar-refractivity contribution in [3.05, 3.63) is 29.8 Å². The lowest BCUT2D eigenvalue weighted by Crippen LogP contribution is -2.29. The molecule has 0 amide bonds. The minimum Gasteiger partial charge on any atom is -0.497 e. The molecule has 1 aromatic rings. The Kier molecular flexibility index (Phi) is 5.49. The third kappa shape index (κ3) is 4.31. The van der Waals surface area contributed by atoms with Crippen molar-refractivity contribution < 1.29 is 9.47 Å². The van der Waals surface area contributed by atoms with E-state index in [2.05, 4.69) is 17.4 Å². The van der Waals surface area contributed by atoms with Gasteiger partial charge in [-0.05, 0) is 56.0 Å². The quantitative estimate of drug-likeness (QED) is 0.784. The number of hydrogen-bond acceptors (Lipinski definition) is 3. The summed E-state index contributed by atoms with van der Waals surface area (Å²) in [5.41, 5.74) is 1.33.